The molecule has 0 atom stereocenters. The molecule has 0 spiro atoms. The molecule has 5 nitrogen and oxygen atoms in total. The molecule has 1 N–H and O–H groups in total. The zero-order valence-corrected chi connectivity index (χ0v) is 18.3. The summed E-state index contributed by atoms with van der Waals surface area (Å²) in [7, 11) is 0. The second kappa shape index (κ2) is 8.91. The number of pyridine rings is 2. The van der Waals surface area contributed by atoms with Crippen LogP contribution in [0.3, 0.4) is 0 Å². The van der Waals surface area contributed by atoms with E-state index in [1.54, 1.807) is 6.20 Å². The van der Waals surface area contributed by atoms with Gasteiger partial charge in [-0.25, -0.2) is 9.97 Å². The summed E-state index contributed by atoms with van der Waals surface area (Å²) in [6.45, 7) is 5.77. The van der Waals surface area contributed by atoms with Crippen molar-refractivity contribution in [3.8, 4) is 28.8 Å². The highest BCUT2D eigenvalue weighted by Gasteiger charge is 2.19. The average Bonchev–Trinajstić information content (AvgIpc) is 2.81. The van der Waals surface area contributed by atoms with Crippen LogP contribution in [-0.4, -0.2) is 9.97 Å². The lowest BCUT2D eigenvalue weighted by Gasteiger charge is -2.17. The smallest absolute Gasteiger partial charge is 0.153 e. The summed E-state index contributed by atoms with van der Waals surface area (Å²) in [4.78, 5) is 9.10. The van der Waals surface area contributed by atoms with Crippen LogP contribution in [0.25, 0.3) is 11.3 Å². The standard InChI is InChI=1S/C27H24N4O/c1-19-12-13-24(26(30-19)20-8-5-4-6-9-20)32-23-14-15-29-25(17-23)31-22-11-7-10-21(16-22)27(2,3)18-28/h4-17H,1-3H3,(H,29,31). The van der Waals surface area contributed by atoms with E-state index in [-0.39, 0.29) is 0 Å². The van der Waals surface area contributed by atoms with Gasteiger partial charge in [-0.3, -0.25) is 0 Å². The summed E-state index contributed by atoms with van der Waals surface area (Å²) in [6, 6.07) is 27.7. The molecule has 0 aliphatic heterocycles. The van der Waals surface area contributed by atoms with Crippen LogP contribution in [0, 0.1) is 18.3 Å². The summed E-state index contributed by atoms with van der Waals surface area (Å²) >= 11 is 0. The van der Waals surface area contributed by atoms with E-state index < -0.39 is 5.41 Å². The van der Waals surface area contributed by atoms with E-state index in [0.29, 0.717) is 17.3 Å². The molecule has 4 rings (SSSR count). The number of benzene rings is 2. The van der Waals surface area contributed by atoms with Crippen molar-refractivity contribution in [3.05, 3.63) is 96.3 Å². The number of ether oxygens (including phenoxy) is 1. The SMILES string of the molecule is Cc1ccc(Oc2ccnc(Nc3cccc(C(C)(C)C#N)c3)c2)c(-c2ccccc2)n1. The number of nitrogens with one attached hydrogen (secondary N) is 1. The van der Waals surface area contributed by atoms with Crippen molar-refractivity contribution in [3.63, 3.8) is 0 Å². The normalized spacial score (nSPS) is 10.9. The topological polar surface area (TPSA) is 70.8 Å². The number of hydrogen-bond donors (Lipinski definition) is 1. The zero-order valence-electron chi connectivity index (χ0n) is 18.3. The highest BCUT2D eigenvalue weighted by atomic mass is 16.5. The maximum absolute atomic E-state index is 9.42. The second-order valence-corrected chi connectivity index (χ2v) is 8.09. The minimum absolute atomic E-state index is 0.567. The molecule has 2 aromatic carbocycles. The fourth-order valence-electron chi connectivity index (χ4n) is 3.30. The van der Waals surface area contributed by atoms with Gasteiger partial charge in [0.25, 0.3) is 0 Å². The molecule has 4 aromatic rings. The monoisotopic (exact) mass is 420 g/mol. The lowest BCUT2D eigenvalue weighted by molar-refractivity contribution is 0.482. The third-order valence-electron chi connectivity index (χ3n) is 5.14. The summed E-state index contributed by atoms with van der Waals surface area (Å²) in [5.74, 6) is 1.98. The number of nitriles is 1. The Balaban J connectivity index is 1.59. The van der Waals surface area contributed by atoms with Crippen LogP contribution in [0.1, 0.15) is 25.1 Å². The molecule has 0 aliphatic rings. The molecule has 5 heteroatoms. The second-order valence-electron chi connectivity index (χ2n) is 8.09. The van der Waals surface area contributed by atoms with Gasteiger partial charge < -0.3 is 10.1 Å². The zero-order chi connectivity index (χ0) is 22.6. The van der Waals surface area contributed by atoms with Crippen molar-refractivity contribution in [1.29, 1.82) is 5.26 Å². The van der Waals surface area contributed by atoms with Crippen molar-refractivity contribution in [2.75, 3.05) is 5.32 Å². The van der Waals surface area contributed by atoms with Crippen LogP contribution < -0.4 is 10.1 Å². The van der Waals surface area contributed by atoms with E-state index in [0.717, 1.165) is 28.2 Å². The predicted molar refractivity (Wildman–Crippen MR) is 127 cm³/mol. The van der Waals surface area contributed by atoms with Crippen molar-refractivity contribution >= 4 is 11.5 Å². The third kappa shape index (κ3) is 4.76. The van der Waals surface area contributed by atoms with Crippen LogP contribution in [0.4, 0.5) is 11.5 Å². The van der Waals surface area contributed by atoms with Gasteiger partial charge in [-0.1, -0.05) is 42.5 Å². The Labute approximate surface area is 188 Å². The highest BCUT2D eigenvalue weighted by molar-refractivity contribution is 5.67. The van der Waals surface area contributed by atoms with Crippen molar-refractivity contribution in [2.24, 2.45) is 0 Å². The molecular formula is C27H24N4O. The summed E-state index contributed by atoms with van der Waals surface area (Å²) in [5, 5.41) is 12.7. The minimum Gasteiger partial charge on any atom is -0.455 e. The lowest BCUT2D eigenvalue weighted by Crippen LogP contribution is -2.13. The molecule has 0 unspecified atom stereocenters. The largest absolute Gasteiger partial charge is 0.455 e. The Morgan fingerprint density at radius 1 is 0.938 bits per heavy atom. The van der Waals surface area contributed by atoms with Gasteiger partial charge in [-0.15, -0.1) is 0 Å². The van der Waals surface area contributed by atoms with E-state index in [1.165, 1.54) is 0 Å². The summed E-state index contributed by atoms with van der Waals surface area (Å²) in [6.07, 6.45) is 1.70. The third-order valence-corrected chi connectivity index (χ3v) is 5.14. The first-order valence-electron chi connectivity index (χ1n) is 10.4. The van der Waals surface area contributed by atoms with Crippen LogP contribution in [-0.2, 0) is 5.41 Å². The van der Waals surface area contributed by atoms with Gasteiger partial charge in [0.2, 0.25) is 0 Å². The molecule has 158 valence electrons. The van der Waals surface area contributed by atoms with Crippen molar-refractivity contribution < 1.29 is 4.74 Å². The predicted octanol–water partition coefficient (Wildman–Crippen LogP) is 6.79. The first kappa shape index (κ1) is 21.1. The molecular weight excluding hydrogens is 396 g/mol. The van der Waals surface area contributed by atoms with Crippen LogP contribution in [0.2, 0.25) is 0 Å². The van der Waals surface area contributed by atoms with Crippen LogP contribution in [0.5, 0.6) is 11.5 Å². The Morgan fingerprint density at radius 3 is 2.53 bits per heavy atom. The van der Waals surface area contributed by atoms with Gasteiger partial charge in [0.1, 0.15) is 17.3 Å². The van der Waals surface area contributed by atoms with Crippen LogP contribution in [0.15, 0.2) is 85.1 Å². The van der Waals surface area contributed by atoms with Crippen molar-refractivity contribution in [1.82, 2.24) is 9.97 Å². The van der Waals surface area contributed by atoms with Gasteiger partial charge in [0.15, 0.2) is 5.75 Å². The van der Waals surface area contributed by atoms with Gasteiger partial charge in [-0.2, -0.15) is 5.26 Å². The number of hydrogen-bond acceptors (Lipinski definition) is 5. The molecule has 0 aliphatic carbocycles. The number of nitrogens with zero attached hydrogens (tertiary/aromatic N) is 3. The van der Waals surface area contributed by atoms with Gasteiger partial charge >= 0.3 is 0 Å². The quantitative estimate of drug-likeness (QED) is 0.372. The Kier molecular flexibility index (Phi) is 5.87. The van der Waals surface area contributed by atoms with E-state index >= 15 is 0 Å². The Hall–Kier alpha value is -4.17. The van der Waals surface area contributed by atoms with E-state index in [2.05, 4.69) is 21.4 Å². The van der Waals surface area contributed by atoms with E-state index in [4.69, 9.17) is 4.74 Å². The first-order valence-corrected chi connectivity index (χ1v) is 10.4. The first-order chi connectivity index (χ1) is 15.4. The molecule has 0 bridgehead atoms. The number of aryl methyl sites for hydroxylation is 1. The molecule has 32 heavy (non-hydrogen) atoms. The molecule has 0 radical (unpaired) electrons. The van der Waals surface area contributed by atoms with Crippen molar-refractivity contribution in [2.45, 2.75) is 26.2 Å². The molecule has 0 saturated heterocycles. The number of rotatable bonds is 6. The number of aromatic nitrogens is 2. The average molecular weight is 421 g/mol. The summed E-state index contributed by atoms with van der Waals surface area (Å²) in [5.41, 5.74) is 3.95. The molecule has 2 heterocycles. The van der Waals surface area contributed by atoms with Gasteiger partial charge in [0.05, 0.1) is 11.5 Å². The summed E-state index contributed by atoms with van der Waals surface area (Å²) < 4.78 is 6.21. The number of anilines is 2. The molecule has 0 fully saturated rings. The van der Waals surface area contributed by atoms with E-state index in [1.807, 2.05) is 99.6 Å². The fraction of sp³-hybridized carbons (Fsp3) is 0.148. The highest BCUT2D eigenvalue weighted by Crippen LogP contribution is 2.33. The van der Waals surface area contributed by atoms with Gasteiger partial charge in [-0.05, 0) is 56.7 Å². The molecule has 2 aromatic heterocycles. The Morgan fingerprint density at radius 2 is 1.75 bits per heavy atom. The lowest BCUT2D eigenvalue weighted by atomic mass is 9.86. The maximum Gasteiger partial charge on any atom is 0.153 e. The maximum atomic E-state index is 9.42. The van der Waals surface area contributed by atoms with E-state index in [9.17, 15) is 5.26 Å². The minimum atomic E-state index is -0.567. The van der Waals surface area contributed by atoms with Crippen LogP contribution >= 0.6 is 0 Å². The Bertz CT molecular complexity index is 1280. The van der Waals surface area contributed by atoms with Gasteiger partial charge in [0, 0.05) is 29.2 Å². The molecule has 0 amide bonds. The molecule has 0 saturated carbocycles. The fourth-order valence-corrected chi connectivity index (χ4v) is 3.30.